The number of hydrogen-bond donors (Lipinski definition) is 1. The summed E-state index contributed by atoms with van der Waals surface area (Å²) in [7, 11) is 2.13. The molecule has 0 radical (unpaired) electrons. The van der Waals surface area contributed by atoms with Crippen LogP contribution < -0.4 is 14.5 Å². The van der Waals surface area contributed by atoms with E-state index >= 15 is 0 Å². The number of fused-ring (bicyclic) bond motifs is 1. The molecule has 0 aliphatic carbocycles. The Bertz CT molecular complexity index is 1240. The average Bonchev–Trinajstić information content (AvgIpc) is 3.32. The molecular weight excluding hydrogens is 509 g/mol. The van der Waals surface area contributed by atoms with Crippen LogP contribution in [0.2, 0.25) is 5.02 Å². The third kappa shape index (κ3) is 5.55. The van der Waals surface area contributed by atoms with Crippen LogP contribution in [0.3, 0.4) is 0 Å². The summed E-state index contributed by atoms with van der Waals surface area (Å²) in [6, 6.07) is 3.76. The summed E-state index contributed by atoms with van der Waals surface area (Å²) in [5.74, 6) is 0.992. The van der Waals surface area contributed by atoms with Crippen molar-refractivity contribution in [2.24, 2.45) is 0 Å². The predicted octanol–water partition coefficient (Wildman–Crippen LogP) is 3.29. The van der Waals surface area contributed by atoms with Gasteiger partial charge in [0.1, 0.15) is 24.5 Å². The number of piperazine rings is 2. The van der Waals surface area contributed by atoms with Crippen LogP contribution in [0.1, 0.15) is 11.3 Å². The van der Waals surface area contributed by atoms with Crippen LogP contribution in [-0.2, 0) is 6.18 Å². The molecule has 3 aromatic rings. The number of likely N-dealkylation sites (N-methyl/N-ethyl adjacent to an activating group) is 1. The third-order valence-corrected chi connectivity index (χ3v) is 7.30. The number of aromatic nitrogens is 4. The van der Waals surface area contributed by atoms with E-state index in [1.807, 2.05) is 24.0 Å². The van der Waals surface area contributed by atoms with E-state index < -0.39 is 11.9 Å². The summed E-state index contributed by atoms with van der Waals surface area (Å²) in [5, 5.41) is 6.31. The molecule has 2 aliphatic heterocycles. The van der Waals surface area contributed by atoms with Crippen molar-refractivity contribution >= 4 is 34.1 Å². The highest BCUT2D eigenvalue weighted by atomic mass is 35.5. The normalized spacial score (nSPS) is 18.1. The molecule has 0 atom stereocenters. The Kier molecular flexibility index (Phi) is 7.32. The summed E-state index contributed by atoms with van der Waals surface area (Å²) in [6.45, 7) is 9.79. The molecule has 4 heterocycles. The van der Waals surface area contributed by atoms with Crippen molar-refractivity contribution in [1.82, 2.24) is 30.0 Å². The highest BCUT2D eigenvalue weighted by Crippen LogP contribution is 2.37. The number of rotatable bonds is 6. The molecule has 13 heteroatoms. The van der Waals surface area contributed by atoms with E-state index in [0.717, 1.165) is 49.7 Å². The Morgan fingerprint density at radius 2 is 1.70 bits per heavy atom. The Balaban J connectivity index is 1.26. The lowest BCUT2D eigenvalue weighted by molar-refractivity contribution is -0.139. The number of H-pyrrole nitrogens is 1. The van der Waals surface area contributed by atoms with Gasteiger partial charge in [0.05, 0.1) is 5.39 Å². The van der Waals surface area contributed by atoms with Crippen molar-refractivity contribution in [2.75, 3.05) is 82.4 Å². The van der Waals surface area contributed by atoms with Gasteiger partial charge in [-0.25, -0.2) is 9.97 Å². The zero-order chi connectivity index (χ0) is 26.2. The van der Waals surface area contributed by atoms with Gasteiger partial charge in [-0.15, -0.1) is 0 Å². The summed E-state index contributed by atoms with van der Waals surface area (Å²) in [4.78, 5) is 16.9. The molecule has 5 rings (SSSR count). The predicted molar refractivity (Wildman–Crippen MR) is 137 cm³/mol. The summed E-state index contributed by atoms with van der Waals surface area (Å²) < 4.78 is 46.7. The Hall–Kier alpha value is -2.83. The largest absolute Gasteiger partial charge is 0.492 e. The second-order valence-corrected chi connectivity index (χ2v) is 9.94. The highest BCUT2D eigenvalue weighted by Gasteiger charge is 2.38. The molecule has 2 fully saturated rings. The van der Waals surface area contributed by atoms with E-state index in [-0.39, 0.29) is 16.9 Å². The number of halogens is 4. The highest BCUT2D eigenvalue weighted by molar-refractivity contribution is 6.31. The Morgan fingerprint density at radius 3 is 2.41 bits per heavy atom. The van der Waals surface area contributed by atoms with Gasteiger partial charge < -0.3 is 19.4 Å². The molecule has 1 N–H and O–H groups in total. The molecule has 37 heavy (non-hydrogen) atoms. The number of nitrogens with one attached hydrogen (secondary N) is 1. The van der Waals surface area contributed by atoms with Crippen LogP contribution in [0.5, 0.6) is 5.75 Å². The first-order valence-corrected chi connectivity index (χ1v) is 12.7. The minimum Gasteiger partial charge on any atom is -0.492 e. The van der Waals surface area contributed by atoms with E-state index in [0.29, 0.717) is 37.8 Å². The molecule has 200 valence electrons. The van der Waals surface area contributed by atoms with Crippen LogP contribution in [0.15, 0.2) is 18.5 Å². The minimum absolute atomic E-state index is 0.0730. The maximum atomic E-state index is 13.5. The standard InChI is InChI=1S/C24H30ClF3N8O/c1-16-18(13-17(25)14-19(16)37-12-11-34-5-3-33(2)4-6-34)35-7-9-36(10-8-35)23-20-21(24(26,27)28)31-32-22(20)29-15-30-23/h13-15H,3-12H2,1-2H3,(H,29,30,31,32). The number of aromatic amines is 1. The van der Waals surface area contributed by atoms with Gasteiger partial charge in [0.25, 0.3) is 0 Å². The van der Waals surface area contributed by atoms with Crippen LogP contribution in [-0.4, -0.2) is 103 Å². The first kappa shape index (κ1) is 25.8. The monoisotopic (exact) mass is 538 g/mol. The maximum absolute atomic E-state index is 13.5. The molecule has 0 amide bonds. The number of ether oxygens (including phenoxy) is 1. The molecular formula is C24H30ClF3N8O. The zero-order valence-electron chi connectivity index (χ0n) is 20.9. The van der Waals surface area contributed by atoms with Crippen molar-refractivity contribution in [2.45, 2.75) is 13.1 Å². The summed E-state index contributed by atoms with van der Waals surface area (Å²) in [6.07, 6.45) is -3.34. The fourth-order valence-electron chi connectivity index (χ4n) is 4.92. The van der Waals surface area contributed by atoms with Crippen molar-refractivity contribution < 1.29 is 17.9 Å². The van der Waals surface area contributed by atoms with E-state index in [9.17, 15) is 13.2 Å². The smallest absolute Gasteiger partial charge is 0.435 e. The lowest BCUT2D eigenvalue weighted by Crippen LogP contribution is -2.47. The molecule has 2 aromatic heterocycles. The number of alkyl halides is 3. The Labute approximate surface area is 218 Å². The average molecular weight is 539 g/mol. The molecule has 1 aromatic carbocycles. The quantitative estimate of drug-likeness (QED) is 0.512. The lowest BCUT2D eigenvalue weighted by Gasteiger charge is -2.38. The van der Waals surface area contributed by atoms with Gasteiger partial charge in [-0.2, -0.15) is 18.3 Å². The maximum Gasteiger partial charge on any atom is 0.435 e. The lowest BCUT2D eigenvalue weighted by atomic mass is 10.1. The first-order chi connectivity index (χ1) is 17.7. The van der Waals surface area contributed by atoms with Crippen LogP contribution in [0.25, 0.3) is 11.0 Å². The van der Waals surface area contributed by atoms with Gasteiger partial charge in [-0.1, -0.05) is 11.6 Å². The molecule has 0 bridgehead atoms. The van der Waals surface area contributed by atoms with Gasteiger partial charge >= 0.3 is 6.18 Å². The summed E-state index contributed by atoms with van der Waals surface area (Å²) >= 11 is 6.46. The number of anilines is 2. The SMILES string of the molecule is Cc1c(OCCN2CCN(C)CC2)cc(Cl)cc1N1CCN(c2ncnc3[nH]nc(C(F)(F)F)c23)CC1. The van der Waals surface area contributed by atoms with Crippen molar-refractivity contribution in [3.05, 3.63) is 34.7 Å². The van der Waals surface area contributed by atoms with E-state index in [2.05, 4.69) is 41.9 Å². The molecule has 9 nitrogen and oxygen atoms in total. The van der Waals surface area contributed by atoms with Crippen molar-refractivity contribution in [3.8, 4) is 5.75 Å². The number of hydrogen-bond acceptors (Lipinski definition) is 8. The minimum atomic E-state index is -4.60. The number of benzene rings is 1. The Morgan fingerprint density at radius 1 is 1.00 bits per heavy atom. The topological polar surface area (TPSA) is 76.7 Å². The second-order valence-electron chi connectivity index (χ2n) is 9.51. The molecule has 2 aliphatic rings. The van der Waals surface area contributed by atoms with Gasteiger partial charge in [0, 0.05) is 75.2 Å². The fraction of sp³-hybridized carbons (Fsp3) is 0.542. The molecule has 2 saturated heterocycles. The van der Waals surface area contributed by atoms with E-state index in [1.54, 1.807) is 0 Å². The van der Waals surface area contributed by atoms with Crippen LogP contribution in [0.4, 0.5) is 24.7 Å². The van der Waals surface area contributed by atoms with Gasteiger partial charge in [0.2, 0.25) is 0 Å². The van der Waals surface area contributed by atoms with Crippen molar-refractivity contribution in [3.63, 3.8) is 0 Å². The molecule has 0 saturated carbocycles. The zero-order valence-corrected chi connectivity index (χ0v) is 21.6. The van der Waals surface area contributed by atoms with Gasteiger partial charge in [-0.05, 0) is 26.1 Å². The van der Waals surface area contributed by atoms with Gasteiger partial charge in [0.15, 0.2) is 11.3 Å². The fourth-order valence-corrected chi connectivity index (χ4v) is 5.13. The summed E-state index contributed by atoms with van der Waals surface area (Å²) in [5.41, 5.74) is 1.04. The van der Waals surface area contributed by atoms with Crippen LogP contribution in [0, 0.1) is 6.92 Å². The molecule has 0 spiro atoms. The van der Waals surface area contributed by atoms with E-state index in [1.165, 1.54) is 6.33 Å². The van der Waals surface area contributed by atoms with Gasteiger partial charge in [-0.3, -0.25) is 10.00 Å². The first-order valence-electron chi connectivity index (χ1n) is 12.3. The van der Waals surface area contributed by atoms with Crippen molar-refractivity contribution in [1.29, 1.82) is 0 Å². The second kappa shape index (κ2) is 10.5. The number of nitrogens with zero attached hydrogens (tertiary/aromatic N) is 7. The molecule has 0 unspecified atom stereocenters. The third-order valence-electron chi connectivity index (χ3n) is 7.08. The van der Waals surface area contributed by atoms with E-state index in [4.69, 9.17) is 16.3 Å². The van der Waals surface area contributed by atoms with Crippen LogP contribution >= 0.6 is 11.6 Å².